The van der Waals surface area contributed by atoms with Gasteiger partial charge in [-0.05, 0) is 24.8 Å². The van der Waals surface area contributed by atoms with Crippen LogP contribution in [0.25, 0.3) is 0 Å². The Morgan fingerprint density at radius 2 is 1.85 bits per heavy atom. The molecule has 0 bridgehead atoms. The molecule has 0 atom stereocenters. The third-order valence-corrected chi connectivity index (χ3v) is 2.87. The van der Waals surface area contributed by atoms with Crippen molar-refractivity contribution in [2.75, 3.05) is 0 Å². The first-order chi connectivity index (χ1) is 9.29. The molecule has 0 saturated heterocycles. The number of carbonyl (C=O) groups excluding carboxylic acids is 1. The SMILES string of the molecule is CC(C)N(Cc1ccccc1)C(=O)N/C=C/C(C)(C)C. The van der Waals surface area contributed by atoms with Crippen molar-refractivity contribution in [1.29, 1.82) is 0 Å². The van der Waals surface area contributed by atoms with Crippen LogP contribution in [0.5, 0.6) is 0 Å². The number of allylic oxidation sites excluding steroid dienone is 1. The van der Waals surface area contributed by atoms with Crippen LogP contribution >= 0.6 is 0 Å². The summed E-state index contributed by atoms with van der Waals surface area (Å²) in [5.74, 6) is 0. The summed E-state index contributed by atoms with van der Waals surface area (Å²) < 4.78 is 0. The van der Waals surface area contributed by atoms with E-state index in [1.807, 2.05) is 55.2 Å². The van der Waals surface area contributed by atoms with Gasteiger partial charge in [-0.15, -0.1) is 0 Å². The molecule has 1 aromatic rings. The summed E-state index contributed by atoms with van der Waals surface area (Å²) in [6.45, 7) is 11.0. The average molecular weight is 274 g/mol. The fourth-order valence-corrected chi connectivity index (χ4v) is 1.71. The first kappa shape index (κ1) is 16.3. The first-order valence-electron chi connectivity index (χ1n) is 7.08. The van der Waals surface area contributed by atoms with E-state index in [0.717, 1.165) is 5.56 Å². The number of nitrogens with zero attached hydrogens (tertiary/aromatic N) is 1. The molecule has 1 N–H and O–H groups in total. The number of urea groups is 1. The lowest BCUT2D eigenvalue weighted by atomic mass is 9.97. The number of benzene rings is 1. The Kier molecular flexibility index (Phi) is 5.81. The van der Waals surface area contributed by atoms with E-state index in [9.17, 15) is 4.79 Å². The van der Waals surface area contributed by atoms with Gasteiger partial charge in [0.25, 0.3) is 0 Å². The van der Waals surface area contributed by atoms with Crippen molar-refractivity contribution in [2.45, 2.75) is 47.2 Å². The number of hydrogen-bond donors (Lipinski definition) is 1. The molecule has 110 valence electrons. The number of amides is 2. The molecule has 20 heavy (non-hydrogen) atoms. The van der Waals surface area contributed by atoms with E-state index >= 15 is 0 Å². The molecule has 0 aromatic heterocycles. The van der Waals surface area contributed by atoms with Gasteiger partial charge in [0.2, 0.25) is 0 Å². The molecular weight excluding hydrogens is 248 g/mol. The van der Waals surface area contributed by atoms with Crippen LogP contribution in [0.3, 0.4) is 0 Å². The Balaban J connectivity index is 2.67. The molecule has 0 spiro atoms. The van der Waals surface area contributed by atoms with Crippen molar-refractivity contribution in [3.63, 3.8) is 0 Å². The van der Waals surface area contributed by atoms with Crippen molar-refractivity contribution < 1.29 is 4.79 Å². The molecule has 0 heterocycles. The van der Waals surface area contributed by atoms with Gasteiger partial charge in [-0.1, -0.05) is 57.2 Å². The third kappa shape index (κ3) is 5.91. The van der Waals surface area contributed by atoms with Gasteiger partial charge in [0.05, 0.1) is 0 Å². The monoisotopic (exact) mass is 274 g/mol. The van der Waals surface area contributed by atoms with Gasteiger partial charge >= 0.3 is 6.03 Å². The predicted octanol–water partition coefficient (Wildman–Crippen LogP) is 4.17. The lowest BCUT2D eigenvalue weighted by Crippen LogP contribution is -2.41. The Morgan fingerprint density at radius 3 is 2.35 bits per heavy atom. The topological polar surface area (TPSA) is 32.3 Å². The smallest absolute Gasteiger partial charge is 0.318 e. The summed E-state index contributed by atoms with van der Waals surface area (Å²) in [5.41, 5.74) is 1.20. The molecule has 0 fully saturated rings. The second-order valence-electron chi connectivity index (χ2n) is 6.36. The van der Waals surface area contributed by atoms with Gasteiger partial charge in [-0.2, -0.15) is 0 Å². The molecule has 0 aliphatic rings. The quantitative estimate of drug-likeness (QED) is 0.878. The molecule has 1 rings (SSSR count). The van der Waals surface area contributed by atoms with E-state index in [1.165, 1.54) is 0 Å². The lowest BCUT2D eigenvalue weighted by molar-refractivity contribution is 0.183. The molecule has 3 heteroatoms. The van der Waals surface area contributed by atoms with E-state index in [2.05, 4.69) is 26.1 Å². The number of nitrogens with one attached hydrogen (secondary N) is 1. The van der Waals surface area contributed by atoms with Crippen LogP contribution in [0.1, 0.15) is 40.2 Å². The van der Waals surface area contributed by atoms with Gasteiger partial charge in [-0.3, -0.25) is 0 Å². The van der Waals surface area contributed by atoms with E-state index < -0.39 is 0 Å². The molecule has 3 nitrogen and oxygen atoms in total. The molecule has 1 aromatic carbocycles. The third-order valence-electron chi connectivity index (χ3n) is 2.87. The zero-order chi connectivity index (χ0) is 15.2. The number of hydrogen-bond acceptors (Lipinski definition) is 1. The Morgan fingerprint density at radius 1 is 1.25 bits per heavy atom. The Labute approximate surface area is 122 Å². The van der Waals surface area contributed by atoms with Crippen LogP contribution in [0, 0.1) is 5.41 Å². The van der Waals surface area contributed by atoms with Gasteiger partial charge in [0, 0.05) is 18.8 Å². The largest absolute Gasteiger partial charge is 0.321 e. The lowest BCUT2D eigenvalue weighted by Gasteiger charge is -2.26. The summed E-state index contributed by atoms with van der Waals surface area (Å²) in [6, 6.07) is 10.1. The fourth-order valence-electron chi connectivity index (χ4n) is 1.71. The minimum Gasteiger partial charge on any atom is -0.318 e. The second-order valence-corrected chi connectivity index (χ2v) is 6.36. The maximum absolute atomic E-state index is 12.2. The van der Waals surface area contributed by atoms with Crippen LogP contribution in [-0.2, 0) is 6.54 Å². The Bertz CT molecular complexity index is 444. The van der Waals surface area contributed by atoms with E-state index in [-0.39, 0.29) is 17.5 Å². The maximum atomic E-state index is 12.2. The zero-order valence-electron chi connectivity index (χ0n) is 13.2. The van der Waals surface area contributed by atoms with E-state index in [0.29, 0.717) is 6.54 Å². The molecule has 0 saturated carbocycles. The average Bonchev–Trinajstić information content (AvgIpc) is 2.35. The van der Waals surface area contributed by atoms with E-state index in [4.69, 9.17) is 0 Å². The molecule has 2 amide bonds. The van der Waals surface area contributed by atoms with Crippen molar-refractivity contribution >= 4 is 6.03 Å². The normalized spacial score (nSPS) is 11.9. The van der Waals surface area contributed by atoms with Crippen LogP contribution in [0.2, 0.25) is 0 Å². The van der Waals surface area contributed by atoms with Crippen molar-refractivity contribution in [3.8, 4) is 0 Å². The first-order valence-corrected chi connectivity index (χ1v) is 7.08. The second kappa shape index (κ2) is 7.13. The Hall–Kier alpha value is -1.77. The van der Waals surface area contributed by atoms with Crippen molar-refractivity contribution in [3.05, 3.63) is 48.2 Å². The number of carbonyl (C=O) groups is 1. The van der Waals surface area contributed by atoms with Crippen LogP contribution in [0.4, 0.5) is 4.79 Å². The van der Waals surface area contributed by atoms with Crippen molar-refractivity contribution in [2.24, 2.45) is 5.41 Å². The van der Waals surface area contributed by atoms with Gasteiger partial charge in [-0.25, -0.2) is 4.79 Å². The zero-order valence-corrected chi connectivity index (χ0v) is 13.2. The molecule has 0 aliphatic heterocycles. The molecular formula is C17H26N2O. The summed E-state index contributed by atoms with van der Waals surface area (Å²) in [4.78, 5) is 14.1. The fraction of sp³-hybridized carbons (Fsp3) is 0.471. The minimum atomic E-state index is -0.0654. The van der Waals surface area contributed by atoms with Gasteiger partial charge in [0.15, 0.2) is 0 Å². The molecule has 0 unspecified atom stereocenters. The molecule has 0 aliphatic carbocycles. The summed E-state index contributed by atoms with van der Waals surface area (Å²) in [6.07, 6.45) is 3.73. The standard InChI is InChI=1S/C17H26N2O/c1-14(2)19(13-15-9-7-6-8-10-15)16(20)18-12-11-17(3,4)5/h6-12,14H,13H2,1-5H3,(H,18,20)/b12-11+. The van der Waals surface area contributed by atoms with Crippen molar-refractivity contribution in [1.82, 2.24) is 10.2 Å². The van der Waals surface area contributed by atoms with Gasteiger partial charge in [0.1, 0.15) is 0 Å². The number of rotatable bonds is 4. The van der Waals surface area contributed by atoms with E-state index in [1.54, 1.807) is 6.20 Å². The highest BCUT2D eigenvalue weighted by Gasteiger charge is 2.16. The van der Waals surface area contributed by atoms with Crippen LogP contribution in [-0.4, -0.2) is 17.0 Å². The highest BCUT2D eigenvalue weighted by atomic mass is 16.2. The highest BCUT2D eigenvalue weighted by molar-refractivity contribution is 5.75. The predicted molar refractivity (Wildman–Crippen MR) is 84.2 cm³/mol. The maximum Gasteiger partial charge on any atom is 0.321 e. The van der Waals surface area contributed by atoms with Gasteiger partial charge < -0.3 is 10.2 Å². The summed E-state index contributed by atoms with van der Waals surface area (Å²) in [5, 5.41) is 2.85. The molecule has 0 radical (unpaired) electrons. The highest BCUT2D eigenvalue weighted by Crippen LogP contribution is 2.14. The van der Waals surface area contributed by atoms with Crippen LogP contribution < -0.4 is 5.32 Å². The summed E-state index contributed by atoms with van der Waals surface area (Å²) >= 11 is 0. The van der Waals surface area contributed by atoms with Crippen LogP contribution in [0.15, 0.2) is 42.6 Å². The minimum absolute atomic E-state index is 0.0649. The summed E-state index contributed by atoms with van der Waals surface area (Å²) in [7, 11) is 0.